The third-order valence-corrected chi connectivity index (χ3v) is 1.23. The van der Waals surface area contributed by atoms with E-state index in [2.05, 4.69) is 5.32 Å². The summed E-state index contributed by atoms with van der Waals surface area (Å²) in [4.78, 5) is 0. The first-order valence-corrected chi connectivity index (χ1v) is 4.36. The van der Waals surface area contributed by atoms with Gasteiger partial charge in [-0.2, -0.15) is 0 Å². The molecule has 0 unspecified atom stereocenters. The molecule has 0 heterocycles. The molecule has 0 aromatic carbocycles. The number of hydrogen-bond donors (Lipinski definition) is 1. The Morgan fingerprint density at radius 2 is 2.08 bits per heavy atom. The summed E-state index contributed by atoms with van der Waals surface area (Å²) in [5, 5.41) is 3.16. The molecule has 1 N–H and O–H groups in total. The smallest absolute Gasteiger partial charge is 0.0989 e. The highest BCUT2D eigenvalue weighted by atomic mass is 19.1. The molecule has 0 bridgehead atoms. The van der Waals surface area contributed by atoms with Gasteiger partial charge in [0.15, 0.2) is 0 Å². The molecule has 0 aliphatic rings. The fraction of sp³-hybridized carbons (Fsp3) is 0.600. The molecule has 0 aromatic heterocycles. The average molecular weight is 171 g/mol. The number of halogens is 1. The third-order valence-electron chi connectivity index (χ3n) is 1.23. The van der Waals surface area contributed by atoms with Crippen LogP contribution in [0, 0.1) is 0 Å². The lowest BCUT2D eigenvalue weighted by Gasteiger charge is -2.10. The summed E-state index contributed by atoms with van der Waals surface area (Å²) in [5.74, 6) is -0.164. The summed E-state index contributed by atoms with van der Waals surface area (Å²) in [6.07, 6.45) is 4.41. The first-order valence-electron chi connectivity index (χ1n) is 4.36. The zero-order valence-electron chi connectivity index (χ0n) is 8.32. The minimum absolute atomic E-state index is 0.164. The van der Waals surface area contributed by atoms with Crippen molar-refractivity contribution in [2.75, 3.05) is 0 Å². The first-order chi connectivity index (χ1) is 5.56. The molecule has 0 radical (unpaired) electrons. The van der Waals surface area contributed by atoms with Crippen molar-refractivity contribution in [3.8, 4) is 0 Å². The van der Waals surface area contributed by atoms with E-state index < -0.39 is 0 Å². The van der Waals surface area contributed by atoms with Crippen LogP contribution in [0.3, 0.4) is 0 Å². The van der Waals surface area contributed by atoms with E-state index >= 15 is 0 Å². The van der Waals surface area contributed by atoms with E-state index in [0.29, 0.717) is 6.04 Å². The van der Waals surface area contributed by atoms with Crippen LogP contribution in [0.2, 0.25) is 0 Å². The molecule has 0 aliphatic heterocycles. The molecule has 1 nitrogen and oxygen atoms in total. The lowest BCUT2D eigenvalue weighted by atomic mass is 10.2. The molecule has 0 fully saturated rings. The van der Waals surface area contributed by atoms with Gasteiger partial charge in [-0.25, -0.2) is 4.39 Å². The number of nitrogens with one attached hydrogen (secondary N) is 1. The molecule has 12 heavy (non-hydrogen) atoms. The topological polar surface area (TPSA) is 12.0 Å². The van der Waals surface area contributed by atoms with Crippen molar-refractivity contribution < 1.29 is 4.39 Å². The average Bonchev–Trinajstić information content (AvgIpc) is 1.84. The highest BCUT2D eigenvalue weighted by molar-refractivity contribution is 5.18. The maximum Gasteiger partial charge on any atom is 0.0989 e. The molecular formula is C10H18FN. The van der Waals surface area contributed by atoms with Crippen molar-refractivity contribution in [1.82, 2.24) is 5.32 Å². The van der Waals surface area contributed by atoms with Crippen LogP contribution in [0.4, 0.5) is 4.39 Å². The van der Waals surface area contributed by atoms with Gasteiger partial charge in [0.2, 0.25) is 0 Å². The van der Waals surface area contributed by atoms with E-state index in [-0.39, 0.29) is 5.83 Å². The van der Waals surface area contributed by atoms with Crippen molar-refractivity contribution in [3.05, 3.63) is 23.7 Å². The van der Waals surface area contributed by atoms with Gasteiger partial charge in [0.05, 0.1) is 5.83 Å². The second-order valence-electron chi connectivity index (χ2n) is 3.10. The zero-order chi connectivity index (χ0) is 9.56. The summed E-state index contributed by atoms with van der Waals surface area (Å²) < 4.78 is 12.5. The third kappa shape index (κ3) is 5.96. The van der Waals surface area contributed by atoms with Gasteiger partial charge in [0.25, 0.3) is 0 Å². The normalized spacial score (nSPS) is 13.8. The maximum atomic E-state index is 12.5. The molecule has 0 amide bonds. The highest BCUT2D eigenvalue weighted by Gasteiger charge is 1.95. The lowest BCUT2D eigenvalue weighted by Crippen LogP contribution is -2.20. The molecule has 0 aromatic rings. The van der Waals surface area contributed by atoms with Gasteiger partial charge in [-0.15, -0.1) is 0 Å². The lowest BCUT2D eigenvalue weighted by molar-refractivity contribution is 0.628. The van der Waals surface area contributed by atoms with Gasteiger partial charge in [-0.1, -0.05) is 13.0 Å². The molecule has 70 valence electrons. The molecule has 0 rings (SSSR count). The van der Waals surface area contributed by atoms with E-state index in [1.165, 1.54) is 13.0 Å². The van der Waals surface area contributed by atoms with Crippen LogP contribution in [0.25, 0.3) is 0 Å². The summed E-state index contributed by atoms with van der Waals surface area (Å²) in [7, 11) is 0. The van der Waals surface area contributed by atoms with E-state index in [1.807, 2.05) is 26.8 Å². The Bertz CT molecular complexity index is 176. The number of rotatable bonds is 4. The Morgan fingerprint density at radius 3 is 2.42 bits per heavy atom. The van der Waals surface area contributed by atoms with Crippen molar-refractivity contribution >= 4 is 0 Å². The van der Waals surface area contributed by atoms with Gasteiger partial charge in [-0.3, -0.25) is 0 Å². The second-order valence-corrected chi connectivity index (χ2v) is 3.10. The molecular weight excluding hydrogens is 153 g/mol. The van der Waals surface area contributed by atoms with Gasteiger partial charge in [-0.05, 0) is 33.3 Å². The Hall–Kier alpha value is -0.790. The van der Waals surface area contributed by atoms with E-state index in [9.17, 15) is 4.39 Å². The van der Waals surface area contributed by atoms with Crippen molar-refractivity contribution in [1.29, 1.82) is 0 Å². The van der Waals surface area contributed by atoms with Crippen LogP contribution >= 0.6 is 0 Å². The monoisotopic (exact) mass is 171 g/mol. The summed E-state index contributed by atoms with van der Waals surface area (Å²) in [6.45, 7) is 7.55. The van der Waals surface area contributed by atoms with Crippen LogP contribution in [0.1, 0.15) is 34.1 Å². The van der Waals surface area contributed by atoms with Gasteiger partial charge >= 0.3 is 0 Å². The maximum absolute atomic E-state index is 12.5. The first kappa shape index (κ1) is 11.2. The Labute approximate surface area is 74.4 Å². The van der Waals surface area contributed by atoms with Crippen LogP contribution in [-0.2, 0) is 0 Å². The molecule has 0 aliphatic carbocycles. The van der Waals surface area contributed by atoms with E-state index in [1.54, 1.807) is 0 Å². The van der Waals surface area contributed by atoms with Gasteiger partial charge in [0.1, 0.15) is 0 Å². The predicted octanol–water partition coefficient (Wildman–Crippen LogP) is 3.15. The Morgan fingerprint density at radius 1 is 1.50 bits per heavy atom. The quantitative estimate of drug-likeness (QED) is 0.641. The number of allylic oxidation sites excluding steroid dienone is 3. The largest absolute Gasteiger partial charge is 0.383 e. The Balaban J connectivity index is 4.25. The zero-order valence-corrected chi connectivity index (χ0v) is 8.32. The minimum atomic E-state index is -0.164. The summed E-state index contributed by atoms with van der Waals surface area (Å²) in [5.41, 5.74) is 0.868. The van der Waals surface area contributed by atoms with Crippen molar-refractivity contribution in [2.24, 2.45) is 0 Å². The van der Waals surface area contributed by atoms with Crippen molar-refractivity contribution in [3.63, 3.8) is 0 Å². The fourth-order valence-corrected chi connectivity index (χ4v) is 0.927. The van der Waals surface area contributed by atoms with Crippen LogP contribution < -0.4 is 5.32 Å². The standard InChI is InChI=1S/C10H18FN/c1-5-6-10(7-9(4)11)12-8(2)3/h6-8,12H,5H2,1-4H3/b9-7-,10-6-. The SMILES string of the molecule is CC/C=C(/C=C(/C)F)NC(C)C. The highest BCUT2D eigenvalue weighted by Crippen LogP contribution is 2.02. The van der Waals surface area contributed by atoms with Crippen LogP contribution in [-0.4, -0.2) is 6.04 Å². The molecule has 2 heteroatoms. The van der Waals surface area contributed by atoms with E-state index in [4.69, 9.17) is 0 Å². The molecule has 0 atom stereocenters. The second kappa shape index (κ2) is 5.81. The Kier molecular flexibility index (Phi) is 5.43. The molecule has 0 saturated carbocycles. The molecule has 0 spiro atoms. The summed E-state index contributed by atoms with van der Waals surface area (Å²) >= 11 is 0. The van der Waals surface area contributed by atoms with Crippen molar-refractivity contribution in [2.45, 2.75) is 40.2 Å². The van der Waals surface area contributed by atoms with Gasteiger partial charge < -0.3 is 5.32 Å². The fourth-order valence-electron chi connectivity index (χ4n) is 0.927. The number of hydrogen-bond acceptors (Lipinski definition) is 1. The van der Waals surface area contributed by atoms with Crippen LogP contribution in [0.15, 0.2) is 23.7 Å². The predicted molar refractivity (Wildman–Crippen MR) is 51.5 cm³/mol. The van der Waals surface area contributed by atoms with E-state index in [0.717, 1.165) is 12.1 Å². The summed E-state index contributed by atoms with van der Waals surface area (Å²) in [6, 6.07) is 0.346. The molecule has 0 saturated heterocycles. The van der Waals surface area contributed by atoms with Gasteiger partial charge in [0, 0.05) is 11.7 Å². The van der Waals surface area contributed by atoms with Crippen LogP contribution in [0.5, 0.6) is 0 Å². The minimum Gasteiger partial charge on any atom is -0.383 e.